The summed E-state index contributed by atoms with van der Waals surface area (Å²) in [4.78, 5) is 4.51. The van der Waals surface area contributed by atoms with Crippen molar-refractivity contribution in [3.05, 3.63) is 59.2 Å². The zero-order valence-electron chi connectivity index (χ0n) is 17.2. The summed E-state index contributed by atoms with van der Waals surface area (Å²) in [5.74, 6) is 2.29. The Morgan fingerprint density at radius 1 is 1.11 bits per heavy atom. The summed E-state index contributed by atoms with van der Waals surface area (Å²) in [6.07, 6.45) is 0.121. The van der Waals surface area contributed by atoms with Crippen LogP contribution in [0, 0.1) is 6.92 Å². The van der Waals surface area contributed by atoms with Crippen molar-refractivity contribution in [1.29, 1.82) is 0 Å². The third-order valence-corrected chi connectivity index (χ3v) is 4.37. The van der Waals surface area contributed by atoms with Gasteiger partial charge in [0, 0.05) is 13.1 Å². The molecular weight excluding hydrogens is 354 g/mol. The number of aliphatic hydroxyl groups is 1. The molecule has 152 valence electrons. The van der Waals surface area contributed by atoms with E-state index in [1.165, 1.54) is 5.56 Å². The highest BCUT2D eigenvalue weighted by Crippen LogP contribution is 2.20. The van der Waals surface area contributed by atoms with Gasteiger partial charge in [0.15, 0.2) is 5.96 Å². The molecule has 0 amide bonds. The topological polar surface area (TPSA) is 75.1 Å². The standard InChI is InChI=1S/C22H31N3O3/c1-5-23-22(24-12-11-18-13-16(2)9-10-21(18)28-4)25-15-20(26)17-7-6-8-19(14-17)27-3/h6-10,13-14,20,26H,5,11-12,15H2,1-4H3,(H2,23,24,25). The normalized spacial score (nSPS) is 12.4. The van der Waals surface area contributed by atoms with Crippen LogP contribution in [0.25, 0.3) is 0 Å². The average Bonchev–Trinajstić information content (AvgIpc) is 2.72. The first kappa shape index (κ1) is 21.6. The Labute approximate surface area is 167 Å². The van der Waals surface area contributed by atoms with E-state index in [4.69, 9.17) is 9.47 Å². The number of aliphatic imine (C=N–C) groups is 1. The van der Waals surface area contributed by atoms with Gasteiger partial charge in [0.2, 0.25) is 0 Å². The van der Waals surface area contributed by atoms with Gasteiger partial charge in [-0.25, -0.2) is 0 Å². The van der Waals surface area contributed by atoms with Crippen LogP contribution in [-0.4, -0.2) is 44.9 Å². The van der Waals surface area contributed by atoms with Crippen LogP contribution in [0.15, 0.2) is 47.5 Å². The highest BCUT2D eigenvalue weighted by atomic mass is 16.5. The van der Waals surface area contributed by atoms with Crippen molar-refractivity contribution in [2.45, 2.75) is 26.4 Å². The molecule has 2 rings (SSSR count). The largest absolute Gasteiger partial charge is 0.497 e. The minimum Gasteiger partial charge on any atom is -0.497 e. The molecular formula is C22H31N3O3. The zero-order valence-corrected chi connectivity index (χ0v) is 17.2. The molecule has 2 aromatic carbocycles. The first-order chi connectivity index (χ1) is 13.6. The van der Waals surface area contributed by atoms with Crippen LogP contribution in [-0.2, 0) is 6.42 Å². The van der Waals surface area contributed by atoms with Gasteiger partial charge in [0.1, 0.15) is 11.5 Å². The Bertz CT molecular complexity index is 777. The van der Waals surface area contributed by atoms with E-state index < -0.39 is 6.10 Å². The predicted molar refractivity (Wildman–Crippen MR) is 113 cm³/mol. The second-order valence-electron chi connectivity index (χ2n) is 6.50. The van der Waals surface area contributed by atoms with Gasteiger partial charge in [-0.15, -0.1) is 0 Å². The number of hydrogen-bond donors (Lipinski definition) is 3. The molecule has 0 radical (unpaired) electrons. The monoisotopic (exact) mass is 385 g/mol. The van der Waals surface area contributed by atoms with Crippen molar-refractivity contribution < 1.29 is 14.6 Å². The van der Waals surface area contributed by atoms with Gasteiger partial charge < -0.3 is 25.2 Å². The maximum absolute atomic E-state index is 10.4. The van der Waals surface area contributed by atoms with Crippen molar-refractivity contribution in [1.82, 2.24) is 10.6 Å². The maximum atomic E-state index is 10.4. The molecule has 2 aromatic rings. The van der Waals surface area contributed by atoms with Crippen LogP contribution in [0.2, 0.25) is 0 Å². The fourth-order valence-corrected chi connectivity index (χ4v) is 2.89. The molecule has 0 saturated heterocycles. The number of benzene rings is 2. The average molecular weight is 386 g/mol. The quantitative estimate of drug-likeness (QED) is 0.457. The van der Waals surface area contributed by atoms with Crippen molar-refractivity contribution in [2.75, 3.05) is 33.9 Å². The molecule has 0 saturated carbocycles. The van der Waals surface area contributed by atoms with Gasteiger partial charge in [-0.05, 0) is 49.6 Å². The number of hydrogen-bond acceptors (Lipinski definition) is 4. The Hall–Kier alpha value is -2.73. The van der Waals surface area contributed by atoms with E-state index in [0.717, 1.165) is 35.6 Å². The summed E-state index contributed by atoms with van der Waals surface area (Å²) in [6, 6.07) is 13.6. The number of rotatable bonds is 9. The second kappa shape index (κ2) is 11.2. The third kappa shape index (κ3) is 6.46. The Morgan fingerprint density at radius 3 is 2.64 bits per heavy atom. The molecule has 3 N–H and O–H groups in total. The van der Waals surface area contributed by atoms with Gasteiger partial charge in [-0.2, -0.15) is 0 Å². The highest BCUT2D eigenvalue weighted by molar-refractivity contribution is 5.79. The number of ether oxygens (including phenoxy) is 2. The van der Waals surface area contributed by atoms with Crippen LogP contribution in [0.3, 0.4) is 0 Å². The van der Waals surface area contributed by atoms with E-state index in [1.807, 2.05) is 43.3 Å². The van der Waals surface area contributed by atoms with E-state index in [2.05, 4.69) is 28.6 Å². The van der Waals surface area contributed by atoms with Crippen molar-refractivity contribution in [3.8, 4) is 11.5 Å². The van der Waals surface area contributed by atoms with Crippen LogP contribution >= 0.6 is 0 Å². The molecule has 0 aliphatic carbocycles. The molecule has 0 spiro atoms. The number of methoxy groups -OCH3 is 2. The number of nitrogens with one attached hydrogen (secondary N) is 2. The molecule has 1 atom stereocenters. The summed E-state index contributed by atoms with van der Waals surface area (Å²) in [5.41, 5.74) is 3.14. The lowest BCUT2D eigenvalue weighted by atomic mass is 10.1. The SMILES string of the molecule is CCNC(=NCC(O)c1cccc(OC)c1)NCCc1cc(C)ccc1OC. The molecule has 0 bridgehead atoms. The Balaban J connectivity index is 1.95. The molecule has 28 heavy (non-hydrogen) atoms. The van der Waals surface area contributed by atoms with E-state index in [9.17, 15) is 5.11 Å². The molecule has 6 nitrogen and oxygen atoms in total. The minimum atomic E-state index is -0.692. The molecule has 0 aliphatic heterocycles. The van der Waals surface area contributed by atoms with Gasteiger partial charge >= 0.3 is 0 Å². The molecule has 1 unspecified atom stereocenters. The van der Waals surface area contributed by atoms with Crippen molar-refractivity contribution in [2.24, 2.45) is 4.99 Å². The minimum absolute atomic E-state index is 0.260. The van der Waals surface area contributed by atoms with Gasteiger partial charge in [-0.1, -0.05) is 29.8 Å². The van der Waals surface area contributed by atoms with E-state index >= 15 is 0 Å². The lowest BCUT2D eigenvalue weighted by Gasteiger charge is -2.15. The molecule has 0 heterocycles. The van der Waals surface area contributed by atoms with E-state index in [1.54, 1.807) is 14.2 Å². The number of nitrogens with zero attached hydrogens (tertiary/aromatic N) is 1. The Morgan fingerprint density at radius 2 is 1.93 bits per heavy atom. The predicted octanol–water partition coefficient (Wildman–Crippen LogP) is 2.84. The molecule has 0 aromatic heterocycles. The summed E-state index contributed by atoms with van der Waals surface area (Å²) in [6.45, 7) is 5.80. The molecule has 0 fully saturated rings. The summed E-state index contributed by atoms with van der Waals surface area (Å²) in [5, 5.41) is 17.0. The lowest BCUT2D eigenvalue weighted by molar-refractivity contribution is 0.186. The summed E-state index contributed by atoms with van der Waals surface area (Å²) >= 11 is 0. The van der Waals surface area contributed by atoms with Crippen LogP contribution in [0.5, 0.6) is 11.5 Å². The van der Waals surface area contributed by atoms with E-state index in [0.29, 0.717) is 12.5 Å². The number of guanidine groups is 1. The summed E-state index contributed by atoms with van der Waals surface area (Å²) < 4.78 is 10.6. The maximum Gasteiger partial charge on any atom is 0.191 e. The summed E-state index contributed by atoms with van der Waals surface area (Å²) in [7, 11) is 3.30. The number of aliphatic hydroxyl groups excluding tert-OH is 1. The van der Waals surface area contributed by atoms with Crippen molar-refractivity contribution in [3.63, 3.8) is 0 Å². The van der Waals surface area contributed by atoms with Gasteiger partial charge in [0.05, 0.1) is 26.9 Å². The number of aryl methyl sites for hydroxylation is 1. The molecule has 6 heteroatoms. The van der Waals surface area contributed by atoms with Gasteiger partial charge in [0.25, 0.3) is 0 Å². The van der Waals surface area contributed by atoms with E-state index in [-0.39, 0.29) is 6.54 Å². The third-order valence-electron chi connectivity index (χ3n) is 4.37. The fourth-order valence-electron chi connectivity index (χ4n) is 2.89. The van der Waals surface area contributed by atoms with Crippen LogP contribution in [0.4, 0.5) is 0 Å². The van der Waals surface area contributed by atoms with Gasteiger partial charge in [-0.3, -0.25) is 4.99 Å². The Kier molecular flexibility index (Phi) is 8.62. The first-order valence-corrected chi connectivity index (χ1v) is 9.55. The zero-order chi connectivity index (χ0) is 20.4. The van der Waals surface area contributed by atoms with Crippen molar-refractivity contribution >= 4 is 5.96 Å². The first-order valence-electron chi connectivity index (χ1n) is 9.55. The molecule has 0 aliphatic rings. The van der Waals surface area contributed by atoms with Crippen LogP contribution < -0.4 is 20.1 Å². The second-order valence-corrected chi connectivity index (χ2v) is 6.50. The lowest BCUT2D eigenvalue weighted by Crippen LogP contribution is -2.38. The highest BCUT2D eigenvalue weighted by Gasteiger charge is 2.09. The smallest absolute Gasteiger partial charge is 0.191 e. The fraction of sp³-hybridized carbons (Fsp3) is 0.409. The van der Waals surface area contributed by atoms with Crippen LogP contribution in [0.1, 0.15) is 29.7 Å².